The Balaban J connectivity index is 2.25. The molecule has 0 aliphatic rings. The summed E-state index contributed by atoms with van der Waals surface area (Å²) in [5, 5.41) is 2.12. The minimum atomic E-state index is 0.124. The van der Waals surface area contributed by atoms with Gasteiger partial charge in [0.15, 0.2) is 0 Å². The molecule has 114 valence electrons. The molecule has 0 radical (unpaired) electrons. The van der Waals surface area contributed by atoms with Gasteiger partial charge in [0, 0.05) is 33.5 Å². The first-order valence-electron chi connectivity index (χ1n) is 7.29. The summed E-state index contributed by atoms with van der Waals surface area (Å²) in [6.07, 6.45) is 2.80. The highest BCUT2D eigenvalue weighted by Gasteiger charge is 2.26. The number of likely N-dealkylation sites (N-methyl/N-ethyl adjacent to an activating group) is 1. The minimum Gasteiger partial charge on any atom is -0.326 e. The molecule has 5 heteroatoms. The molecule has 2 aromatic rings. The largest absolute Gasteiger partial charge is 0.326 e. The van der Waals surface area contributed by atoms with Crippen molar-refractivity contribution in [2.75, 3.05) is 6.54 Å². The second-order valence-electron chi connectivity index (χ2n) is 5.07. The van der Waals surface area contributed by atoms with Gasteiger partial charge in [0.1, 0.15) is 0 Å². The molecule has 2 N–H and O–H groups in total. The Morgan fingerprint density at radius 2 is 2.19 bits per heavy atom. The summed E-state index contributed by atoms with van der Waals surface area (Å²) in [5.41, 5.74) is 7.50. The summed E-state index contributed by atoms with van der Waals surface area (Å²) < 4.78 is 1.13. The highest BCUT2D eigenvalue weighted by Crippen LogP contribution is 2.32. The van der Waals surface area contributed by atoms with Crippen LogP contribution in [0.4, 0.5) is 0 Å². The summed E-state index contributed by atoms with van der Waals surface area (Å²) in [6, 6.07) is 8.60. The van der Waals surface area contributed by atoms with E-state index in [0.29, 0.717) is 0 Å². The third kappa shape index (κ3) is 4.36. The number of halogens is 1. The molecule has 0 amide bonds. The van der Waals surface area contributed by atoms with E-state index < -0.39 is 0 Å². The van der Waals surface area contributed by atoms with Crippen LogP contribution in [0.15, 0.2) is 40.3 Å². The van der Waals surface area contributed by atoms with Crippen molar-refractivity contribution >= 4 is 27.3 Å². The Hall–Kier alpha value is -0.750. The van der Waals surface area contributed by atoms with Crippen molar-refractivity contribution in [2.45, 2.75) is 38.9 Å². The number of nitrogens with zero attached hydrogens (tertiary/aromatic N) is 2. The Morgan fingerprint density at radius 3 is 2.71 bits per heavy atom. The summed E-state index contributed by atoms with van der Waals surface area (Å²) in [6.45, 7) is 6.10. The average molecular weight is 368 g/mol. The van der Waals surface area contributed by atoms with Crippen molar-refractivity contribution in [3.8, 4) is 0 Å². The first-order valence-corrected chi connectivity index (χ1v) is 8.96. The van der Waals surface area contributed by atoms with Crippen molar-refractivity contribution in [2.24, 2.45) is 5.73 Å². The van der Waals surface area contributed by atoms with Crippen molar-refractivity contribution in [1.82, 2.24) is 9.88 Å². The molecule has 0 saturated carbocycles. The van der Waals surface area contributed by atoms with E-state index in [1.165, 1.54) is 4.88 Å². The lowest BCUT2D eigenvalue weighted by Crippen LogP contribution is -2.40. The van der Waals surface area contributed by atoms with Crippen LogP contribution in [0.3, 0.4) is 0 Å². The minimum absolute atomic E-state index is 0.124. The van der Waals surface area contributed by atoms with Crippen LogP contribution in [0, 0.1) is 0 Å². The number of thiophene rings is 1. The topological polar surface area (TPSA) is 42.1 Å². The van der Waals surface area contributed by atoms with Crippen LogP contribution < -0.4 is 5.73 Å². The van der Waals surface area contributed by atoms with Gasteiger partial charge in [-0.2, -0.15) is 0 Å². The zero-order chi connectivity index (χ0) is 15.2. The molecular formula is C16H22BrN3S. The van der Waals surface area contributed by atoms with Gasteiger partial charge in [-0.05, 0) is 47.1 Å². The fourth-order valence-corrected chi connectivity index (χ4v) is 4.13. The maximum Gasteiger partial charge on any atom is 0.0597 e. The van der Waals surface area contributed by atoms with E-state index in [2.05, 4.69) is 57.2 Å². The molecule has 0 aliphatic heterocycles. The van der Waals surface area contributed by atoms with Gasteiger partial charge in [0.25, 0.3) is 0 Å². The molecule has 3 nitrogen and oxygen atoms in total. The lowest BCUT2D eigenvalue weighted by Gasteiger charge is -2.33. The van der Waals surface area contributed by atoms with Gasteiger partial charge in [0.2, 0.25) is 0 Å². The van der Waals surface area contributed by atoms with Gasteiger partial charge in [-0.1, -0.05) is 19.9 Å². The predicted octanol–water partition coefficient (Wildman–Crippen LogP) is 4.21. The fourth-order valence-electron chi connectivity index (χ4n) is 2.47. The van der Waals surface area contributed by atoms with E-state index in [-0.39, 0.29) is 12.1 Å². The monoisotopic (exact) mass is 367 g/mol. The SMILES string of the molecule is CCC(N)C(c1cc(Br)cs1)N(CC)Cc1ccccn1. The number of hydrogen-bond acceptors (Lipinski definition) is 4. The first kappa shape index (κ1) is 16.6. The van der Waals surface area contributed by atoms with E-state index >= 15 is 0 Å². The molecule has 2 atom stereocenters. The van der Waals surface area contributed by atoms with E-state index in [1.807, 2.05) is 18.3 Å². The van der Waals surface area contributed by atoms with Gasteiger partial charge in [-0.25, -0.2) is 0 Å². The number of aromatic nitrogens is 1. The standard InChI is InChI=1S/C16H22BrN3S/c1-3-14(18)16(15-9-12(17)11-21-15)20(4-2)10-13-7-5-6-8-19-13/h5-9,11,14,16H,3-4,10,18H2,1-2H3. The molecule has 0 spiro atoms. The highest BCUT2D eigenvalue weighted by atomic mass is 79.9. The van der Waals surface area contributed by atoms with Crippen molar-refractivity contribution in [3.05, 3.63) is 50.9 Å². The third-order valence-electron chi connectivity index (χ3n) is 3.65. The number of rotatable bonds is 7. The lowest BCUT2D eigenvalue weighted by atomic mass is 10.0. The average Bonchev–Trinajstić information content (AvgIpc) is 2.93. The van der Waals surface area contributed by atoms with E-state index in [0.717, 1.165) is 29.7 Å². The van der Waals surface area contributed by atoms with E-state index in [1.54, 1.807) is 11.3 Å². The zero-order valence-corrected chi connectivity index (χ0v) is 14.9. The highest BCUT2D eigenvalue weighted by molar-refractivity contribution is 9.10. The van der Waals surface area contributed by atoms with Crippen LogP contribution in [-0.2, 0) is 6.54 Å². The second kappa shape index (κ2) is 8.03. The summed E-state index contributed by atoms with van der Waals surface area (Å²) in [7, 11) is 0. The summed E-state index contributed by atoms with van der Waals surface area (Å²) >= 11 is 5.31. The molecular weight excluding hydrogens is 346 g/mol. The lowest BCUT2D eigenvalue weighted by molar-refractivity contribution is 0.170. The Morgan fingerprint density at radius 1 is 1.38 bits per heavy atom. The van der Waals surface area contributed by atoms with Crippen molar-refractivity contribution in [1.29, 1.82) is 0 Å². The van der Waals surface area contributed by atoms with E-state index in [4.69, 9.17) is 5.73 Å². The molecule has 0 bridgehead atoms. The van der Waals surface area contributed by atoms with Crippen LogP contribution in [0.1, 0.15) is 36.9 Å². The van der Waals surface area contributed by atoms with E-state index in [9.17, 15) is 0 Å². The molecule has 2 unspecified atom stereocenters. The number of nitrogens with two attached hydrogens (primary N) is 1. The molecule has 0 fully saturated rings. The van der Waals surface area contributed by atoms with Crippen LogP contribution in [0.5, 0.6) is 0 Å². The zero-order valence-electron chi connectivity index (χ0n) is 12.5. The van der Waals surface area contributed by atoms with Gasteiger partial charge < -0.3 is 5.73 Å². The Labute approximate surface area is 139 Å². The maximum atomic E-state index is 6.42. The fraction of sp³-hybridized carbons (Fsp3) is 0.438. The van der Waals surface area contributed by atoms with Gasteiger partial charge in [-0.3, -0.25) is 9.88 Å². The molecule has 0 aliphatic carbocycles. The summed E-state index contributed by atoms with van der Waals surface area (Å²) in [5.74, 6) is 0. The smallest absolute Gasteiger partial charge is 0.0597 e. The van der Waals surface area contributed by atoms with Crippen molar-refractivity contribution in [3.63, 3.8) is 0 Å². The van der Waals surface area contributed by atoms with Gasteiger partial charge in [0.05, 0.1) is 11.7 Å². The Bertz CT molecular complexity index is 543. The molecule has 2 aromatic heterocycles. The Kier molecular flexibility index (Phi) is 6.36. The van der Waals surface area contributed by atoms with Gasteiger partial charge in [-0.15, -0.1) is 11.3 Å². The first-order chi connectivity index (χ1) is 10.2. The molecule has 21 heavy (non-hydrogen) atoms. The van der Waals surface area contributed by atoms with Crippen LogP contribution in [0.2, 0.25) is 0 Å². The van der Waals surface area contributed by atoms with Crippen molar-refractivity contribution < 1.29 is 0 Å². The van der Waals surface area contributed by atoms with Crippen LogP contribution in [-0.4, -0.2) is 22.5 Å². The summed E-state index contributed by atoms with van der Waals surface area (Å²) in [4.78, 5) is 8.17. The maximum absolute atomic E-state index is 6.42. The normalized spacial score (nSPS) is 14.3. The molecule has 0 saturated heterocycles. The third-order valence-corrected chi connectivity index (χ3v) is 5.41. The molecule has 2 heterocycles. The second-order valence-corrected chi connectivity index (χ2v) is 6.93. The quantitative estimate of drug-likeness (QED) is 0.796. The molecule has 0 aromatic carbocycles. The van der Waals surface area contributed by atoms with Crippen LogP contribution in [0.25, 0.3) is 0 Å². The molecule has 2 rings (SSSR count). The predicted molar refractivity (Wildman–Crippen MR) is 93.3 cm³/mol. The number of pyridine rings is 1. The number of hydrogen-bond donors (Lipinski definition) is 1. The van der Waals surface area contributed by atoms with Crippen LogP contribution >= 0.6 is 27.3 Å². The van der Waals surface area contributed by atoms with Gasteiger partial charge >= 0.3 is 0 Å².